The second kappa shape index (κ2) is 4.74. The predicted molar refractivity (Wildman–Crippen MR) is 65.6 cm³/mol. The lowest BCUT2D eigenvalue weighted by Crippen LogP contribution is -1.96. The van der Waals surface area contributed by atoms with E-state index in [1.54, 1.807) is 18.3 Å². The Morgan fingerprint density at radius 1 is 1.33 bits per heavy atom. The van der Waals surface area contributed by atoms with Crippen LogP contribution in [0.25, 0.3) is 0 Å². The highest BCUT2D eigenvalue weighted by Crippen LogP contribution is 2.10. The van der Waals surface area contributed by atoms with Gasteiger partial charge in [0.2, 0.25) is 0 Å². The molecule has 2 rings (SSSR count). The number of nitro groups is 1. The van der Waals surface area contributed by atoms with Gasteiger partial charge in [0.15, 0.2) is 0 Å². The van der Waals surface area contributed by atoms with Crippen LogP contribution in [0.4, 0.5) is 5.69 Å². The third kappa shape index (κ3) is 2.40. The zero-order valence-corrected chi connectivity index (χ0v) is 9.94. The summed E-state index contributed by atoms with van der Waals surface area (Å²) in [6.07, 6.45) is 1.57. The zero-order valence-electron chi connectivity index (χ0n) is 9.94. The van der Waals surface area contributed by atoms with Crippen LogP contribution in [0.5, 0.6) is 0 Å². The third-order valence-electron chi connectivity index (χ3n) is 2.52. The molecule has 0 aliphatic rings. The molecular weight excluding hydrogens is 234 g/mol. The molecule has 2 aromatic rings. The summed E-state index contributed by atoms with van der Waals surface area (Å²) in [6, 6.07) is 6.11. The van der Waals surface area contributed by atoms with Crippen molar-refractivity contribution in [1.82, 2.24) is 15.1 Å². The monoisotopic (exact) mass is 245 g/mol. The van der Waals surface area contributed by atoms with E-state index in [1.165, 1.54) is 16.9 Å². The largest absolute Gasteiger partial charge is 0.269 e. The molecule has 0 aliphatic carbocycles. The summed E-state index contributed by atoms with van der Waals surface area (Å²) in [5.41, 5.74) is 2.48. The van der Waals surface area contributed by atoms with Crippen LogP contribution in [0.2, 0.25) is 0 Å². The third-order valence-corrected chi connectivity index (χ3v) is 2.52. The van der Waals surface area contributed by atoms with Gasteiger partial charge >= 0.3 is 0 Å². The first kappa shape index (κ1) is 11.9. The maximum Gasteiger partial charge on any atom is 0.269 e. The number of nitro benzene ring substituents is 1. The lowest BCUT2D eigenvalue weighted by molar-refractivity contribution is -0.384. The lowest BCUT2D eigenvalue weighted by Gasteiger charge is -1.95. The van der Waals surface area contributed by atoms with Crippen LogP contribution in [0.3, 0.4) is 0 Å². The summed E-state index contributed by atoms with van der Waals surface area (Å²) >= 11 is 0. The SMILES string of the molecule is Cc1nnn(/N=C/c2ccc([N+](=O)[O-])cc2)c1C. The Bertz CT molecular complexity index is 600. The van der Waals surface area contributed by atoms with Crippen LogP contribution in [-0.2, 0) is 0 Å². The van der Waals surface area contributed by atoms with E-state index >= 15 is 0 Å². The standard InChI is InChI=1S/C11H11N5O2/c1-8-9(2)15(14-13-8)12-7-10-3-5-11(6-4-10)16(17)18/h3-7H,1-2H3/b12-7+. The van der Waals surface area contributed by atoms with Crippen LogP contribution in [-0.4, -0.2) is 26.2 Å². The smallest absolute Gasteiger partial charge is 0.258 e. The van der Waals surface area contributed by atoms with Crippen molar-refractivity contribution in [3.63, 3.8) is 0 Å². The Balaban J connectivity index is 2.19. The van der Waals surface area contributed by atoms with Gasteiger partial charge in [-0.3, -0.25) is 10.1 Å². The first-order valence-electron chi connectivity index (χ1n) is 5.25. The lowest BCUT2D eigenvalue weighted by atomic mass is 10.2. The first-order chi connectivity index (χ1) is 8.58. The topological polar surface area (TPSA) is 86.2 Å². The highest BCUT2D eigenvalue weighted by Gasteiger charge is 2.03. The Morgan fingerprint density at radius 2 is 2.00 bits per heavy atom. The molecule has 0 unspecified atom stereocenters. The molecule has 0 amide bonds. The van der Waals surface area contributed by atoms with Crippen molar-refractivity contribution in [2.24, 2.45) is 5.10 Å². The highest BCUT2D eigenvalue weighted by atomic mass is 16.6. The van der Waals surface area contributed by atoms with Crippen LogP contribution in [0.1, 0.15) is 17.0 Å². The minimum absolute atomic E-state index is 0.0555. The molecule has 0 N–H and O–H groups in total. The summed E-state index contributed by atoms with van der Waals surface area (Å²) in [5.74, 6) is 0. The van der Waals surface area contributed by atoms with Gasteiger partial charge in [0, 0.05) is 12.1 Å². The average molecular weight is 245 g/mol. The molecule has 1 aromatic heterocycles. The van der Waals surface area contributed by atoms with Gasteiger partial charge in [0.05, 0.1) is 22.5 Å². The fourth-order valence-corrected chi connectivity index (χ4v) is 1.31. The molecule has 18 heavy (non-hydrogen) atoms. The summed E-state index contributed by atoms with van der Waals surface area (Å²) in [7, 11) is 0. The number of aryl methyl sites for hydroxylation is 1. The van der Waals surface area contributed by atoms with E-state index in [1.807, 2.05) is 13.8 Å². The average Bonchev–Trinajstić information content (AvgIpc) is 2.68. The van der Waals surface area contributed by atoms with E-state index in [0.717, 1.165) is 17.0 Å². The van der Waals surface area contributed by atoms with Gasteiger partial charge in [-0.05, 0) is 36.8 Å². The molecule has 1 heterocycles. The van der Waals surface area contributed by atoms with Crippen LogP contribution < -0.4 is 0 Å². The van der Waals surface area contributed by atoms with Gasteiger partial charge in [-0.2, -0.15) is 5.10 Å². The number of aromatic nitrogens is 3. The van der Waals surface area contributed by atoms with Crippen LogP contribution in [0.15, 0.2) is 29.4 Å². The van der Waals surface area contributed by atoms with Crippen molar-refractivity contribution in [2.45, 2.75) is 13.8 Å². The van der Waals surface area contributed by atoms with Gasteiger partial charge in [0.1, 0.15) is 0 Å². The number of nitrogens with zero attached hydrogens (tertiary/aromatic N) is 5. The second-order valence-electron chi connectivity index (χ2n) is 3.74. The van der Waals surface area contributed by atoms with E-state index in [0.29, 0.717) is 0 Å². The van der Waals surface area contributed by atoms with Crippen LogP contribution in [0, 0.1) is 24.0 Å². The van der Waals surface area contributed by atoms with Crippen molar-refractivity contribution in [2.75, 3.05) is 0 Å². The normalized spacial score (nSPS) is 11.0. The van der Waals surface area contributed by atoms with Crippen molar-refractivity contribution in [1.29, 1.82) is 0 Å². The number of hydrogen-bond acceptors (Lipinski definition) is 5. The molecule has 0 spiro atoms. The molecule has 0 radical (unpaired) electrons. The maximum absolute atomic E-state index is 10.5. The minimum Gasteiger partial charge on any atom is -0.258 e. The summed E-state index contributed by atoms with van der Waals surface area (Å²) in [5, 5.41) is 22.3. The molecule has 7 heteroatoms. The molecule has 1 aromatic carbocycles. The summed E-state index contributed by atoms with van der Waals surface area (Å²) < 4.78 is 0. The molecule has 0 saturated carbocycles. The summed E-state index contributed by atoms with van der Waals surface area (Å²) in [4.78, 5) is 11.5. The van der Waals surface area contributed by atoms with Crippen LogP contribution >= 0.6 is 0 Å². The minimum atomic E-state index is -0.439. The van der Waals surface area contributed by atoms with Crippen molar-refractivity contribution in [3.8, 4) is 0 Å². The van der Waals surface area contributed by atoms with E-state index in [-0.39, 0.29) is 5.69 Å². The quantitative estimate of drug-likeness (QED) is 0.467. The molecule has 0 bridgehead atoms. The van der Waals surface area contributed by atoms with Gasteiger partial charge in [-0.15, -0.1) is 9.89 Å². The van der Waals surface area contributed by atoms with Crippen molar-refractivity contribution in [3.05, 3.63) is 51.3 Å². The van der Waals surface area contributed by atoms with Gasteiger partial charge in [-0.1, -0.05) is 0 Å². The van der Waals surface area contributed by atoms with Crippen molar-refractivity contribution < 1.29 is 4.92 Å². The number of non-ortho nitro benzene ring substituents is 1. The predicted octanol–water partition coefficient (Wildman–Crippen LogP) is 1.69. The molecule has 0 saturated heterocycles. The zero-order chi connectivity index (χ0) is 13.1. The Labute approximate surface area is 103 Å². The molecule has 0 aliphatic heterocycles. The van der Waals surface area contributed by atoms with Gasteiger partial charge < -0.3 is 0 Å². The first-order valence-corrected chi connectivity index (χ1v) is 5.25. The molecular formula is C11H11N5O2. The van der Waals surface area contributed by atoms with E-state index in [2.05, 4.69) is 15.4 Å². The number of rotatable bonds is 3. The molecule has 92 valence electrons. The van der Waals surface area contributed by atoms with E-state index in [4.69, 9.17) is 0 Å². The van der Waals surface area contributed by atoms with E-state index in [9.17, 15) is 10.1 Å². The fraction of sp³-hybridized carbons (Fsp3) is 0.182. The Kier molecular flexibility index (Phi) is 3.13. The second-order valence-corrected chi connectivity index (χ2v) is 3.74. The van der Waals surface area contributed by atoms with Gasteiger partial charge in [0.25, 0.3) is 5.69 Å². The fourth-order valence-electron chi connectivity index (χ4n) is 1.31. The molecule has 0 fully saturated rings. The molecule has 7 nitrogen and oxygen atoms in total. The Hall–Kier alpha value is -2.57. The highest BCUT2D eigenvalue weighted by molar-refractivity contribution is 5.79. The number of hydrogen-bond donors (Lipinski definition) is 0. The molecule has 0 atom stereocenters. The maximum atomic E-state index is 10.5. The summed E-state index contributed by atoms with van der Waals surface area (Å²) in [6.45, 7) is 3.71. The number of benzene rings is 1. The van der Waals surface area contributed by atoms with Crippen molar-refractivity contribution >= 4 is 11.9 Å². The van der Waals surface area contributed by atoms with E-state index < -0.39 is 4.92 Å². The Morgan fingerprint density at radius 3 is 2.50 bits per heavy atom. The van der Waals surface area contributed by atoms with Gasteiger partial charge in [-0.25, -0.2) is 0 Å².